The topological polar surface area (TPSA) is 46.2 Å². The average molecular weight is 189 g/mol. The lowest BCUT2D eigenvalue weighted by Gasteiger charge is -2.41. The van der Waals surface area contributed by atoms with Crippen molar-refractivity contribution in [2.45, 2.75) is 31.4 Å². The maximum atomic E-state index is 8.97. The van der Waals surface area contributed by atoms with E-state index in [1.165, 1.54) is 18.6 Å². The van der Waals surface area contributed by atoms with Crippen LogP contribution in [0.2, 0.25) is 0 Å². The minimum absolute atomic E-state index is 0.220. The molecule has 2 unspecified atom stereocenters. The van der Waals surface area contributed by atoms with Crippen molar-refractivity contribution in [3.8, 4) is 0 Å². The van der Waals surface area contributed by atoms with Crippen LogP contribution in [0.1, 0.15) is 26.2 Å². The predicted molar refractivity (Wildman–Crippen MR) is 54.3 cm³/mol. The van der Waals surface area contributed by atoms with Gasteiger partial charge in [0.25, 0.3) is 0 Å². The van der Waals surface area contributed by atoms with Crippen molar-refractivity contribution >= 4 is 11.8 Å². The van der Waals surface area contributed by atoms with Gasteiger partial charge in [-0.15, -0.1) is 0 Å². The van der Waals surface area contributed by atoms with E-state index in [-0.39, 0.29) is 12.0 Å². The van der Waals surface area contributed by atoms with Crippen LogP contribution in [0.25, 0.3) is 0 Å². The molecule has 0 aromatic heterocycles. The predicted octanol–water partition coefficient (Wildman–Crippen LogP) is 1.23. The van der Waals surface area contributed by atoms with Crippen LogP contribution in [0.5, 0.6) is 0 Å². The Hall–Kier alpha value is 0.270. The van der Waals surface area contributed by atoms with Crippen LogP contribution in [0.4, 0.5) is 0 Å². The molecule has 0 saturated carbocycles. The lowest BCUT2D eigenvalue weighted by atomic mass is 9.77. The van der Waals surface area contributed by atoms with E-state index in [9.17, 15) is 0 Å². The molecular formula is C9H19NOS. The molecule has 1 saturated heterocycles. The van der Waals surface area contributed by atoms with E-state index in [0.29, 0.717) is 5.25 Å². The van der Waals surface area contributed by atoms with Gasteiger partial charge in [0, 0.05) is 11.9 Å². The van der Waals surface area contributed by atoms with Crippen molar-refractivity contribution < 1.29 is 5.11 Å². The molecule has 2 atom stereocenters. The van der Waals surface area contributed by atoms with Crippen molar-refractivity contribution in [2.24, 2.45) is 11.1 Å². The Labute approximate surface area is 78.9 Å². The minimum Gasteiger partial charge on any atom is -0.396 e. The molecule has 0 bridgehead atoms. The Balaban J connectivity index is 2.60. The van der Waals surface area contributed by atoms with E-state index < -0.39 is 0 Å². The molecule has 1 rings (SSSR count). The third kappa shape index (κ3) is 1.95. The molecule has 3 N–H and O–H groups in total. The molecule has 1 aliphatic rings. The van der Waals surface area contributed by atoms with Crippen molar-refractivity contribution in [1.29, 1.82) is 0 Å². The fourth-order valence-electron chi connectivity index (χ4n) is 1.99. The zero-order valence-corrected chi connectivity index (χ0v) is 8.57. The highest BCUT2D eigenvalue weighted by molar-refractivity contribution is 7.99. The number of nitrogens with two attached hydrogens (primary N) is 1. The molecule has 0 aliphatic carbocycles. The third-order valence-electron chi connectivity index (χ3n) is 3.07. The highest BCUT2D eigenvalue weighted by Gasteiger charge is 2.36. The fraction of sp³-hybridized carbons (Fsp3) is 1.00. The Morgan fingerprint density at radius 1 is 1.67 bits per heavy atom. The number of thioether (sulfide) groups is 1. The molecule has 0 spiro atoms. The van der Waals surface area contributed by atoms with Gasteiger partial charge in [-0.25, -0.2) is 0 Å². The molecule has 1 aliphatic heterocycles. The van der Waals surface area contributed by atoms with Crippen LogP contribution < -0.4 is 5.73 Å². The number of rotatable bonds is 3. The van der Waals surface area contributed by atoms with E-state index in [2.05, 4.69) is 6.92 Å². The standard InChI is InChI=1S/C9H19NOS/c1-8-9(7-10,4-5-11)3-2-6-12-8/h8,11H,2-7,10H2,1H3. The number of hydrogen-bond donors (Lipinski definition) is 2. The normalized spacial score (nSPS) is 36.8. The molecular weight excluding hydrogens is 170 g/mol. The van der Waals surface area contributed by atoms with E-state index in [1.54, 1.807) is 0 Å². The van der Waals surface area contributed by atoms with Crippen molar-refractivity contribution in [3.63, 3.8) is 0 Å². The zero-order valence-electron chi connectivity index (χ0n) is 7.75. The lowest BCUT2D eigenvalue weighted by Crippen LogP contribution is -2.42. The molecule has 72 valence electrons. The first-order valence-corrected chi connectivity index (χ1v) is 5.72. The van der Waals surface area contributed by atoms with Gasteiger partial charge in [-0.3, -0.25) is 0 Å². The second kappa shape index (κ2) is 4.49. The smallest absolute Gasteiger partial charge is 0.0437 e. The molecule has 12 heavy (non-hydrogen) atoms. The summed E-state index contributed by atoms with van der Waals surface area (Å²) in [5, 5.41) is 9.58. The van der Waals surface area contributed by atoms with Gasteiger partial charge in [0.05, 0.1) is 0 Å². The molecule has 1 heterocycles. The summed E-state index contributed by atoms with van der Waals surface area (Å²) in [6.07, 6.45) is 3.32. The third-order valence-corrected chi connectivity index (χ3v) is 4.59. The highest BCUT2D eigenvalue weighted by atomic mass is 32.2. The lowest BCUT2D eigenvalue weighted by molar-refractivity contribution is 0.170. The van der Waals surface area contributed by atoms with Crippen molar-refractivity contribution in [2.75, 3.05) is 18.9 Å². The highest BCUT2D eigenvalue weighted by Crippen LogP contribution is 2.42. The summed E-state index contributed by atoms with van der Waals surface area (Å²) < 4.78 is 0. The van der Waals surface area contributed by atoms with Gasteiger partial charge in [-0.1, -0.05) is 6.92 Å². The van der Waals surface area contributed by atoms with Gasteiger partial charge in [0.2, 0.25) is 0 Å². The van der Waals surface area contributed by atoms with Crippen molar-refractivity contribution in [3.05, 3.63) is 0 Å². The van der Waals surface area contributed by atoms with Gasteiger partial charge < -0.3 is 10.8 Å². The van der Waals surface area contributed by atoms with E-state index in [4.69, 9.17) is 10.8 Å². The Kier molecular flexibility index (Phi) is 3.87. The van der Waals surface area contributed by atoms with Crippen molar-refractivity contribution in [1.82, 2.24) is 0 Å². The molecule has 0 aromatic carbocycles. The second-order valence-corrected chi connectivity index (χ2v) is 5.11. The quantitative estimate of drug-likeness (QED) is 0.702. The van der Waals surface area contributed by atoms with Crippen LogP contribution in [-0.4, -0.2) is 29.3 Å². The summed E-state index contributed by atoms with van der Waals surface area (Å²) in [5.74, 6) is 1.26. The molecule has 1 fully saturated rings. The summed E-state index contributed by atoms with van der Waals surface area (Å²) in [7, 11) is 0. The first kappa shape index (κ1) is 10.4. The van der Waals surface area contributed by atoms with E-state index in [1.807, 2.05) is 11.8 Å². The second-order valence-electron chi connectivity index (χ2n) is 3.66. The Bertz CT molecular complexity index is 138. The van der Waals surface area contributed by atoms with Gasteiger partial charge in [-0.2, -0.15) is 11.8 Å². The first-order valence-electron chi connectivity index (χ1n) is 4.68. The zero-order chi connectivity index (χ0) is 9.03. The Morgan fingerprint density at radius 2 is 2.42 bits per heavy atom. The SMILES string of the molecule is CC1SCCCC1(CN)CCO. The van der Waals surface area contributed by atoms with Crippen LogP contribution in [0.3, 0.4) is 0 Å². The minimum atomic E-state index is 0.220. The largest absolute Gasteiger partial charge is 0.396 e. The monoisotopic (exact) mass is 189 g/mol. The summed E-state index contributed by atoms with van der Waals surface area (Å²) in [5.41, 5.74) is 6.01. The molecule has 0 amide bonds. The van der Waals surface area contributed by atoms with Crippen LogP contribution in [0.15, 0.2) is 0 Å². The Morgan fingerprint density at radius 3 is 2.92 bits per heavy atom. The van der Waals surface area contributed by atoms with Crippen LogP contribution in [0, 0.1) is 5.41 Å². The van der Waals surface area contributed by atoms with E-state index in [0.717, 1.165) is 13.0 Å². The van der Waals surface area contributed by atoms with Crippen LogP contribution in [-0.2, 0) is 0 Å². The van der Waals surface area contributed by atoms with Gasteiger partial charge >= 0.3 is 0 Å². The molecule has 0 radical (unpaired) electrons. The summed E-state index contributed by atoms with van der Waals surface area (Å²) >= 11 is 2.00. The fourth-order valence-corrected chi connectivity index (χ4v) is 3.34. The summed E-state index contributed by atoms with van der Waals surface area (Å²) in [6, 6.07) is 0. The van der Waals surface area contributed by atoms with Gasteiger partial charge in [-0.05, 0) is 37.0 Å². The molecule has 0 aromatic rings. The average Bonchev–Trinajstić information content (AvgIpc) is 2.10. The van der Waals surface area contributed by atoms with E-state index >= 15 is 0 Å². The number of aliphatic hydroxyl groups excluding tert-OH is 1. The molecule has 3 heteroatoms. The summed E-state index contributed by atoms with van der Waals surface area (Å²) in [4.78, 5) is 0. The number of hydrogen-bond acceptors (Lipinski definition) is 3. The number of aliphatic hydroxyl groups is 1. The van der Waals surface area contributed by atoms with Crippen LogP contribution >= 0.6 is 11.8 Å². The maximum absolute atomic E-state index is 8.97. The summed E-state index contributed by atoms with van der Waals surface area (Å²) in [6.45, 7) is 3.25. The van der Waals surface area contributed by atoms with Gasteiger partial charge in [0.15, 0.2) is 0 Å². The molecule has 2 nitrogen and oxygen atoms in total. The first-order chi connectivity index (χ1) is 5.75. The maximum Gasteiger partial charge on any atom is 0.0437 e. The van der Waals surface area contributed by atoms with Gasteiger partial charge in [0.1, 0.15) is 0 Å².